The first-order valence-corrected chi connectivity index (χ1v) is 13.4. The highest BCUT2D eigenvalue weighted by atomic mass is 16.3. The van der Waals surface area contributed by atoms with Crippen LogP contribution in [0.15, 0.2) is 12.4 Å². The van der Waals surface area contributed by atoms with Crippen molar-refractivity contribution in [3.63, 3.8) is 0 Å². The summed E-state index contributed by atoms with van der Waals surface area (Å²) < 4.78 is 1.76. The molecule has 1 aromatic rings. The molecule has 5 heteroatoms. The number of rotatable bonds is 3. The first kappa shape index (κ1) is 23.4. The van der Waals surface area contributed by atoms with Crippen molar-refractivity contribution in [1.29, 1.82) is 5.26 Å². The van der Waals surface area contributed by atoms with E-state index in [2.05, 4.69) is 25.0 Å². The Morgan fingerprint density at radius 1 is 1.12 bits per heavy atom. The highest BCUT2D eigenvalue weighted by Crippen LogP contribution is 2.65. The standard InChI is InChI=1S/C28H43N3O2/c1-18-5-8-24(28(4,33)17-31-16-19(14-29)15-30-31)27(3)12-10-22-21-9-11-26(2,32)13-20(21)6-7-23(22)25(18)27/h15-16,18,20-25,32-33H,5-13,17H2,1-4H3/t18-,20-,21+,22-,23-,24+,25+,26-,27-,28+/m1/s1. The third-order valence-electron chi connectivity index (χ3n) is 10.8. The summed E-state index contributed by atoms with van der Waals surface area (Å²) in [4.78, 5) is 0. The van der Waals surface area contributed by atoms with Gasteiger partial charge in [0.15, 0.2) is 0 Å². The van der Waals surface area contributed by atoms with E-state index in [-0.39, 0.29) is 11.3 Å². The molecular weight excluding hydrogens is 410 g/mol. The number of fused-ring (bicyclic) bond motifs is 5. The lowest BCUT2D eigenvalue weighted by molar-refractivity contribution is -0.184. The molecule has 0 radical (unpaired) electrons. The van der Waals surface area contributed by atoms with E-state index in [1.54, 1.807) is 17.1 Å². The van der Waals surface area contributed by atoms with Crippen molar-refractivity contribution in [3.8, 4) is 6.07 Å². The van der Waals surface area contributed by atoms with Gasteiger partial charge in [-0.15, -0.1) is 0 Å². The zero-order valence-electron chi connectivity index (χ0n) is 21.0. The lowest BCUT2D eigenvalue weighted by atomic mass is 9.41. The summed E-state index contributed by atoms with van der Waals surface area (Å²) in [5.41, 5.74) is -0.618. The van der Waals surface area contributed by atoms with Crippen molar-refractivity contribution in [3.05, 3.63) is 18.0 Å². The van der Waals surface area contributed by atoms with Crippen LogP contribution in [0.3, 0.4) is 0 Å². The molecule has 0 amide bonds. The maximum Gasteiger partial charge on any atom is 0.102 e. The average molecular weight is 454 g/mol. The topological polar surface area (TPSA) is 82.1 Å². The minimum absolute atomic E-state index is 0.139. The fourth-order valence-electron chi connectivity index (χ4n) is 9.74. The zero-order valence-corrected chi connectivity index (χ0v) is 21.0. The lowest BCUT2D eigenvalue weighted by Crippen LogP contribution is -2.60. The monoisotopic (exact) mass is 453 g/mol. The summed E-state index contributed by atoms with van der Waals surface area (Å²) >= 11 is 0. The summed E-state index contributed by atoms with van der Waals surface area (Å²) in [5.74, 6) is 4.66. The van der Waals surface area contributed by atoms with Gasteiger partial charge in [0.25, 0.3) is 0 Å². The van der Waals surface area contributed by atoms with Gasteiger partial charge in [0.05, 0.1) is 29.5 Å². The van der Waals surface area contributed by atoms with E-state index in [4.69, 9.17) is 5.26 Å². The van der Waals surface area contributed by atoms with Gasteiger partial charge in [-0.3, -0.25) is 4.68 Å². The predicted molar refractivity (Wildman–Crippen MR) is 128 cm³/mol. The molecule has 0 aliphatic heterocycles. The van der Waals surface area contributed by atoms with Crippen LogP contribution in [0.25, 0.3) is 0 Å². The SMILES string of the molecule is C[C@@H]1CC[C@H]([C@@](C)(O)Cn2cc(C#N)cn2)[C@@]2(C)CC[C@H]3[C@@H](CC[C@@H]4C[C@](C)(O)CC[C@@H]43)[C@H]12. The van der Waals surface area contributed by atoms with Crippen molar-refractivity contribution >= 4 is 0 Å². The highest BCUT2D eigenvalue weighted by molar-refractivity contribution is 5.21. The van der Waals surface area contributed by atoms with E-state index in [1.807, 2.05) is 13.8 Å². The van der Waals surface area contributed by atoms with Gasteiger partial charge >= 0.3 is 0 Å². The van der Waals surface area contributed by atoms with Crippen molar-refractivity contribution in [1.82, 2.24) is 9.78 Å². The van der Waals surface area contributed by atoms with Crippen LogP contribution < -0.4 is 0 Å². The Balaban J connectivity index is 1.39. The zero-order chi connectivity index (χ0) is 23.6. The number of hydrogen-bond donors (Lipinski definition) is 2. The highest BCUT2D eigenvalue weighted by Gasteiger charge is 2.60. The Hall–Kier alpha value is -1.38. The van der Waals surface area contributed by atoms with E-state index in [0.717, 1.165) is 37.0 Å². The molecule has 4 aliphatic carbocycles. The van der Waals surface area contributed by atoms with Crippen LogP contribution >= 0.6 is 0 Å². The van der Waals surface area contributed by atoms with Crippen molar-refractivity contribution < 1.29 is 10.2 Å². The van der Waals surface area contributed by atoms with Crippen LogP contribution in [-0.4, -0.2) is 31.2 Å². The van der Waals surface area contributed by atoms with E-state index in [9.17, 15) is 10.2 Å². The summed E-state index contributed by atoms with van der Waals surface area (Å²) in [6.07, 6.45) is 13.8. The van der Waals surface area contributed by atoms with Gasteiger partial charge in [-0.05, 0) is 112 Å². The fraction of sp³-hybridized carbons (Fsp3) is 0.857. The molecule has 0 spiro atoms. The fourth-order valence-corrected chi connectivity index (χ4v) is 9.74. The van der Waals surface area contributed by atoms with Crippen LogP contribution in [0.5, 0.6) is 0 Å². The van der Waals surface area contributed by atoms with Crippen LogP contribution in [0.2, 0.25) is 0 Å². The normalized spacial score (nSPS) is 46.9. The van der Waals surface area contributed by atoms with Crippen molar-refractivity contribution in [2.24, 2.45) is 46.8 Å². The molecule has 5 nitrogen and oxygen atoms in total. The summed E-state index contributed by atoms with van der Waals surface area (Å²) in [6, 6.07) is 2.15. The Bertz CT molecular complexity index is 914. The van der Waals surface area contributed by atoms with E-state index >= 15 is 0 Å². The third-order valence-corrected chi connectivity index (χ3v) is 10.8. The first-order chi connectivity index (χ1) is 15.5. The third kappa shape index (κ3) is 3.96. The molecule has 4 aliphatic rings. The second-order valence-electron chi connectivity index (χ2n) is 13.1. The van der Waals surface area contributed by atoms with Crippen molar-refractivity contribution in [2.45, 2.75) is 103 Å². The second-order valence-corrected chi connectivity index (χ2v) is 13.1. The molecule has 4 saturated carbocycles. The van der Waals surface area contributed by atoms with Gasteiger partial charge in [-0.2, -0.15) is 10.4 Å². The number of nitriles is 1. The number of aliphatic hydroxyl groups is 2. The number of hydrogen-bond acceptors (Lipinski definition) is 4. The number of aromatic nitrogens is 2. The van der Waals surface area contributed by atoms with Crippen LogP contribution in [0, 0.1) is 58.2 Å². The molecule has 0 bridgehead atoms. The molecule has 10 atom stereocenters. The van der Waals surface area contributed by atoms with Crippen LogP contribution in [0.1, 0.15) is 91.0 Å². The Morgan fingerprint density at radius 2 is 1.88 bits per heavy atom. The predicted octanol–water partition coefficient (Wildman–Crippen LogP) is 5.16. The lowest BCUT2D eigenvalue weighted by Gasteiger charge is -2.64. The van der Waals surface area contributed by atoms with Gasteiger partial charge in [-0.1, -0.05) is 20.3 Å². The molecule has 33 heavy (non-hydrogen) atoms. The minimum atomic E-state index is -0.848. The van der Waals surface area contributed by atoms with E-state index in [1.165, 1.54) is 38.5 Å². The molecule has 0 aromatic carbocycles. The summed E-state index contributed by atoms with van der Waals surface area (Å²) in [6.45, 7) is 9.47. The molecule has 4 fully saturated rings. The Labute approximate surface area is 199 Å². The van der Waals surface area contributed by atoms with Gasteiger partial charge in [0, 0.05) is 6.20 Å². The molecule has 1 aromatic heterocycles. The number of nitrogens with zero attached hydrogens (tertiary/aromatic N) is 3. The first-order valence-electron chi connectivity index (χ1n) is 13.4. The van der Waals surface area contributed by atoms with E-state index in [0.29, 0.717) is 29.9 Å². The Morgan fingerprint density at radius 3 is 2.61 bits per heavy atom. The summed E-state index contributed by atoms with van der Waals surface area (Å²) in [5, 5.41) is 36.0. The molecule has 1 heterocycles. The maximum absolute atomic E-state index is 11.8. The van der Waals surface area contributed by atoms with Gasteiger partial charge in [-0.25, -0.2) is 0 Å². The van der Waals surface area contributed by atoms with Crippen LogP contribution in [0.4, 0.5) is 0 Å². The molecule has 5 rings (SSSR count). The van der Waals surface area contributed by atoms with E-state index < -0.39 is 11.2 Å². The molecule has 0 unspecified atom stereocenters. The molecule has 2 N–H and O–H groups in total. The van der Waals surface area contributed by atoms with Gasteiger partial charge in [0.1, 0.15) is 6.07 Å². The largest absolute Gasteiger partial charge is 0.390 e. The van der Waals surface area contributed by atoms with Gasteiger partial charge < -0.3 is 10.2 Å². The molecular formula is C28H43N3O2. The smallest absolute Gasteiger partial charge is 0.102 e. The average Bonchev–Trinajstić information content (AvgIpc) is 3.18. The van der Waals surface area contributed by atoms with Gasteiger partial charge in [0.2, 0.25) is 0 Å². The van der Waals surface area contributed by atoms with Crippen molar-refractivity contribution in [2.75, 3.05) is 0 Å². The maximum atomic E-state index is 11.8. The second kappa shape index (κ2) is 8.09. The van der Waals surface area contributed by atoms with Crippen LogP contribution in [-0.2, 0) is 6.54 Å². The minimum Gasteiger partial charge on any atom is -0.390 e. The molecule has 182 valence electrons. The quantitative estimate of drug-likeness (QED) is 0.662. The summed E-state index contributed by atoms with van der Waals surface area (Å²) in [7, 11) is 0. The Kier molecular flexibility index (Phi) is 5.73. The molecule has 0 saturated heterocycles.